The minimum Gasteiger partial charge on any atom is -0.313 e. The molecule has 1 N–H and O–H groups in total. The largest absolute Gasteiger partial charge is 0.313 e. The van der Waals surface area contributed by atoms with Crippen LogP contribution < -0.4 is 5.32 Å². The van der Waals surface area contributed by atoms with E-state index < -0.39 is 0 Å². The molecule has 0 amide bonds. The molecule has 0 saturated carbocycles. The average Bonchev–Trinajstić information content (AvgIpc) is 2.29. The summed E-state index contributed by atoms with van der Waals surface area (Å²) in [6, 6.07) is 1.49. The van der Waals surface area contributed by atoms with Crippen molar-refractivity contribution in [3.8, 4) is 0 Å². The first-order valence-electron chi connectivity index (χ1n) is 5.75. The molecule has 0 radical (unpaired) electrons. The lowest BCUT2D eigenvalue weighted by molar-refractivity contribution is 0.212. The molecule has 1 fully saturated rings. The van der Waals surface area contributed by atoms with Gasteiger partial charge >= 0.3 is 0 Å². The molecule has 0 spiro atoms. The second-order valence-corrected chi connectivity index (χ2v) is 4.16. The summed E-state index contributed by atoms with van der Waals surface area (Å²) in [5.41, 5.74) is 0. The first kappa shape index (κ1) is 11.0. The van der Waals surface area contributed by atoms with Crippen LogP contribution in [0, 0.1) is 0 Å². The van der Waals surface area contributed by atoms with Gasteiger partial charge in [0.2, 0.25) is 0 Å². The molecule has 78 valence electrons. The van der Waals surface area contributed by atoms with Crippen LogP contribution in [0.15, 0.2) is 0 Å². The lowest BCUT2D eigenvalue weighted by Gasteiger charge is -2.27. The van der Waals surface area contributed by atoms with Gasteiger partial charge in [0.1, 0.15) is 0 Å². The molecule has 0 aromatic rings. The van der Waals surface area contributed by atoms with Crippen LogP contribution in [0.4, 0.5) is 0 Å². The quantitative estimate of drug-likeness (QED) is 0.720. The van der Waals surface area contributed by atoms with E-state index in [4.69, 9.17) is 0 Å². The first-order valence-corrected chi connectivity index (χ1v) is 5.75. The third-order valence-corrected chi connectivity index (χ3v) is 3.12. The first-order chi connectivity index (χ1) is 6.27. The van der Waals surface area contributed by atoms with Crippen LogP contribution in [0.5, 0.6) is 0 Å². The number of nitrogens with zero attached hydrogens (tertiary/aromatic N) is 1. The van der Waals surface area contributed by atoms with Crippen molar-refractivity contribution in [2.24, 2.45) is 0 Å². The molecular weight excluding hydrogens is 160 g/mol. The second-order valence-electron chi connectivity index (χ2n) is 4.16. The maximum absolute atomic E-state index is 3.64. The van der Waals surface area contributed by atoms with E-state index in [1.54, 1.807) is 0 Å². The number of rotatable bonds is 3. The van der Waals surface area contributed by atoms with E-state index in [-0.39, 0.29) is 0 Å². The van der Waals surface area contributed by atoms with Crippen LogP contribution >= 0.6 is 0 Å². The monoisotopic (exact) mass is 184 g/mol. The Labute approximate surface area is 82.7 Å². The lowest BCUT2D eigenvalue weighted by atomic mass is 10.1. The van der Waals surface area contributed by atoms with Gasteiger partial charge in [-0.2, -0.15) is 0 Å². The van der Waals surface area contributed by atoms with Gasteiger partial charge < -0.3 is 5.32 Å². The highest BCUT2D eigenvalue weighted by atomic mass is 15.2. The molecule has 1 heterocycles. The van der Waals surface area contributed by atoms with Crippen LogP contribution in [0.25, 0.3) is 0 Å². The van der Waals surface area contributed by atoms with E-state index in [1.807, 2.05) is 0 Å². The van der Waals surface area contributed by atoms with Crippen molar-refractivity contribution in [2.75, 3.05) is 19.6 Å². The van der Waals surface area contributed by atoms with Gasteiger partial charge in [-0.25, -0.2) is 0 Å². The van der Waals surface area contributed by atoms with Crippen LogP contribution in [-0.2, 0) is 0 Å². The molecule has 1 aliphatic heterocycles. The third-order valence-electron chi connectivity index (χ3n) is 3.12. The summed E-state index contributed by atoms with van der Waals surface area (Å²) in [4.78, 5) is 2.60. The standard InChI is InChI=1S/C11H24N2/c1-4-6-11-9-13(5-2)10(3)7-8-12-11/h10-12H,4-9H2,1-3H3. The summed E-state index contributed by atoms with van der Waals surface area (Å²) in [6.45, 7) is 10.5. The second kappa shape index (κ2) is 5.61. The molecule has 1 rings (SSSR count). The zero-order chi connectivity index (χ0) is 9.68. The van der Waals surface area contributed by atoms with Crippen molar-refractivity contribution < 1.29 is 0 Å². The summed E-state index contributed by atoms with van der Waals surface area (Å²) < 4.78 is 0. The van der Waals surface area contributed by atoms with Gasteiger partial charge in [-0.15, -0.1) is 0 Å². The summed E-state index contributed by atoms with van der Waals surface area (Å²) in [7, 11) is 0. The zero-order valence-electron chi connectivity index (χ0n) is 9.34. The summed E-state index contributed by atoms with van der Waals surface area (Å²) in [5, 5.41) is 3.64. The molecule has 0 bridgehead atoms. The lowest BCUT2D eigenvalue weighted by Crippen LogP contribution is -2.39. The maximum atomic E-state index is 3.64. The Hall–Kier alpha value is -0.0800. The Morgan fingerprint density at radius 1 is 1.38 bits per heavy atom. The normalized spacial score (nSPS) is 31.6. The van der Waals surface area contributed by atoms with Gasteiger partial charge in [0.05, 0.1) is 0 Å². The summed E-state index contributed by atoms with van der Waals surface area (Å²) in [6.07, 6.45) is 3.92. The Balaban J connectivity index is 2.43. The number of nitrogens with one attached hydrogen (secondary N) is 1. The number of hydrogen-bond acceptors (Lipinski definition) is 2. The van der Waals surface area contributed by atoms with Gasteiger partial charge in [0.15, 0.2) is 0 Å². The van der Waals surface area contributed by atoms with E-state index in [1.165, 1.54) is 38.9 Å². The van der Waals surface area contributed by atoms with Crippen LogP contribution in [0.3, 0.4) is 0 Å². The van der Waals surface area contributed by atoms with E-state index in [9.17, 15) is 0 Å². The SMILES string of the molecule is CCCC1CN(CC)C(C)CCN1. The van der Waals surface area contributed by atoms with E-state index in [2.05, 4.69) is 31.0 Å². The fourth-order valence-corrected chi connectivity index (χ4v) is 2.19. The Bertz CT molecular complexity index is 136. The van der Waals surface area contributed by atoms with Crippen LogP contribution in [0.2, 0.25) is 0 Å². The molecule has 1 saturated heterocycles. The van der Waals surface area contributed by atoms with Crippen molar-refractivity contribution in [3.63, 3.8) is 0 Å². The molecule has 13 heavy (non-hydrogen) atoms. The molecule has 2 unspecified atom stereocenters. The highest BCUT2D eigenvalue weighted by Crippen LogP contribution is 2.10. The predicted molar refractivity (Wildman–Crippen MR) is 58.0 cm³/mol. The van der Waals surface area contributed by atoms with Gasteiger partial charge in [0.25, 0.3) is 0 Å². The van der Waals surface area contributed by atoms with E-state index in [0.29, 0.717) is 0 Å². The fourth-order valence-electron chi connectivity index (χ4n) is 2.19. The highest BCUT2D eigenvalue weighted by Gasteiger charge is 2.20. The van der Waals surface area contributed by atoms with Crippen molar-refractivity contribution in [1.82, 2.24) is 10.2 Å². The Morgan fingerprint density at radius 3 is 2.77 bits per heavy atom. The zero-order valence-corrected chi connectivity index (χ0v) is 9.34. The van der Waals surface area contributed by atoms with Crippen molar-refractivity contribution in [3.05, 3.63) is 0 Å². The molecule has 0 aromatic heterocycles. The minimum absolute atomic E-state index is 0.731. The fraction of sp³-hybridized carbons (Fsp3) is 1.00. The van der Waals surface area contributed by atoms with E-state index in [0.717, 1.165) is 12.1 Å². The van der Waals surface area contributed by atoms with Crippen molar-refractivity contribution in [2.45, 2.75) is 52.1 Å². The smallest absolute Gasteiger partial charge is 0.0195 e. The van der Waals surface area contributed by atoms with Gasteiger partial charge in [-0.3, -0.25) is 4.90 Å². The third kappa shape index (κ3) is 3.28. The van der Waals surface area contributed by atoms with Gasteiger partial charge in [0, 0.05) is 18.6 Å². The minimum atomic E-state index is 0.731. The molecule has 0 aliphatic carbocycles. The molecule has 2 nitrogen and oxygen atoms in total. The van der Waals surface area contributed by atoms with E-state index >= 15 is 0 Å². The Morgan fingerprint density at radius 2 is 2.15 bits per heavy atom. The van der Waals surface area contributed by atoms with Gasteiger partial charge in [-0.1, -0.05) is 20.3 Å². The van der Waals surface area contributed by atoms with Crippen molar-refractivity contribution >= 4 is 0 Å². The number of hydrogen-bond donors (Lipinski definition) is 1. The summed E-state index contributed by atoms with van der Waals surface area (Å²) >= 11 is 0. The molecule has 0 aromatic carbocycles. The topological polar surface area (TPSA) is 15.3 Å². The Kier molecular flexibility index (Phi) is 4.74. The van der Waals surface area contributed by atoms with Gasteiger partial charge in [-0.05, 0) is 32.9 Å². The highest BCUT2D eigenvalue weighted by molar-refractivity contribution is 4.79. The van der Waals surface area contributed by atoms with Crippen LogP contribution in [-0.4, -0.2) is 36.6 Å². The molecular formula is C11H24N2. The summed E-state index contributed by atoms with van der Waals surface area (Å²) in [5.74, 6) is 0. The molecule has 1 aliphatic rings. The predicted octanol–water partition coefficient (Wildman–Crippen LogP) is 1.86. The van der Waals surface area contributed by atoms with Crippen LogP contribution in [0.1, 0.15) is 40.0 Å². The maximum Gasteiger partial charge on any atom is 0.0195 e. The average molecular weight is 184 g/mol. The molecule has 2 heteroatoms. The number of likely N-dealkylation sites (N-methyl/N-ethyl adjacent to an activating group) is 1. The molecule has 2 atom stereocenters. The van der Waals surface area contributed by atoms with Crippen molar-refractivity contribution in [1.29, 1.82) is 0 Å².